The smallest absolute Gasteiger partial charge is 0.234 e. The van der Waals surface area contributed by atoms with E-state index in [0.29, 0.717) is 17.2 Å². The van der Waals surface area contributed by atoms with Crippen LogP contribution in [0.15, 0.2) is 51.7 Å². The first kappa shape index (κ1) is 19.3. The van der Waals surface area contributed by atoms with Crippen molar-refractivity contribution in [2.45, 2.75) is 6.92 Å². The summed E-state index contributed by atoms with van der Waals surface area (Å²) < 4.78 is 10.5. The van der Waals surface area contributed by atoms with Crippen LogP contribution < -0.4 is 14.9 Å². The van der Waals surface area contributed by atoms with Gasteiger partial charge in [0.05, 0.1) is 26.0 Å². The lowest BCUT2D eigenvalue weighted by Gasteiger charge is -2.06. The minimum Gasteiger partial charge on any atom is -0.497 e. The van der Waals surface area contributed by atoms with Crippen molar-refractivity contribution >= 4 is 40.1 Å². The molecule has 0 unspecified atom stereocenters. The summed E-state index contributed by atoms with van der Waals surface area (Å²) in [6, 6.07) is 11.1. The maximum Gasteiger partial charge on any atom is 0.234 e. The van der Waals surface area contributed by atoms with Crippen LogP contribution in [0.3, 0.4) is 0 Å². The highest BCUT2D eigenvalue weighted by atomic mass is 32.1. The summed E-state index contributed by atoms with van der Waals surface area (Å²) in [5.41, 5.74) is 5.48. The minimum absolute atomic E-state index is 0.0464. The van der Waals surface area contributed by atoms with Gasteiger partial charge >= 0.3 is 0 Å². The van der Waals surface area contributed by atoms with Crippen molar-refractivity contribution in [3.63, 3.8) is 0 Å². The number of aryl methyl sites for hydroxylation is 1. The molecule has 1 heterocycles. The number of hydrogen-bond acceptors (Lipinski definition) is 6. The summed E-state index contributed by atoms with van der Waals surface area (Å²) in [7, 11) is 3.15. The normalized spacial score (nSPS) is 11.4. The molecule has 0 saturated carbocycles. The second kappa shape index (κ2) is 8.49. The highest BCUT2D eigenvalue weighted by Gasteiger charge is 2.10. The van der Waals surface area contributed by atoms with E-state index in [2.05, 4.69) is 25.7 Å². The molecule has 28 heavy (non-hydrogen) atoms. The Labute approximate surface area is 166 Å². The van der Waals surface area contributed by atoms with Crippen LogP contribution in [0.1, 0.15) is 11.1 Å². The molecule has 0 aliphatic rings. The molecule has 0 radical (unpaired) electrons. The predicted octanol–water partition coefficient (Wildman–Crippen LogP) is 4.19. The molecule has 0 aliphatic heterocycles. The van der Waals surface area contributed by atoms with Crippen molar-refractivity contribution in [3.8, 4) is 17.4 Å². The van der Waals surface area contributed by atoms with Crippen LogP contribution in [0, 0.1) is 6.92 Å². The molecule has 0 spiro atoms. The van der Waals surface area contributed by atoms with E-state index in [1.165, 1.54) is 0 Å². The molecule has 8 nitrogen and oxygen atoms in total. The Kier molecular flexibility index (Phi) is 5.85. The first-order valence-electron chi connectivity index (χ1n) is 8.30. The molecule has 9 heteroatoms. The number of hydrazone groups is 1. The van der Waals surface area contributed by atoms with Crippen LogP contribution in [0.25, 0.3) is 10.9 Å². The van der Waals surface area contributed by atoms with Crippen molar-refractivity contribution in [3.05, 3.63) is 47.5 Å². The fourth-order valence-corrected chi connectivity index (χ4v) is 2.67. The minimum atomic E-state index is -0.0707. The van der Waals surface area contributed by atoms with Crippen molar-refractivity contribution in [2.75, 3.05) is 14.2 Å². The number of ether oxygens (including phenoxy) is 2. The van der Waals surface area contributed by atoms with Gasteiger partial charge in [-0.25, -0.2) is 0 Å². The second-order valence-corrected chi connectivity index (χ2v) is 6.24. The van der Waals surface area contributed by atoms with E-state index in [9.17, 15) is 5.11 Å². The second-order valence-electron chi connectivity index (χ2n) is 5.85. The number of nitrogens with one attached hydrogen (secondary N) is 2. The third kappa shape index (κ3) is 4.26. The average molecular weight is 397 g/mol. The number of aromatic amines is 1. The Balaban J connectivity index is 1.70. The quantitative estimate of drug-likeness (QED) is 0.259. The van der Waals surface area contributed by atoms with Crippen LogP contribution in [-0.4, -0.2) is 35.6 Å². The average Bonchev–Trinajstić information content (AvgIpc) is 3.00. The molecule has 0 amide bonds. The standard InChI is InChI=1S/C19H19N5O3S/c1-11-4-7-15-14(8-11)17(18(25)21-15)22-24-19(28)23-20-10-12-5-6-13(26-2)9-16(12)27-3/h4-10,21,25H,1-3H3,(H,23,28)/b20-10+,24-22?. The zero-order valence-corrected chi connectivity index (χ0v) is 16.4. The van der Waals surface area contributed by atoms with Gasteiger partial charge < -0.3 is 19.6 Å². The van der Waals surface area contributed by atoms with Gasteiger partial charge in [0.25, 0.3) is 0 Å². The van der Waals surface area contributed by atoms with Crippen LogP contribution >= 0.6 is 12.2 Å². The molecule has 3 aromatic rings. The van der Waals surface area contributed by atoms with E-state index >= 15 is 0 Å². The highest BCUT2D eigenvalue weighted by Crippen LogP contribution is 2.35. The van der Waals surface area contributed by atoms with E-state index in [0.717, 1.165) is 22.0 Å². The first-order valence-corrected chi connectivity index (χ1v) is 8.70. The van der Waals surface area contributed by atoms with Gasteiger partial charge in [0, 0.05) is 17.0 Å². The van der Waals surface area contributed by atoms with Crippen molar-refractivity contribution in [2.24, 2.45) is 15.3 Å². The number of aromatic nitrogens is 1. The SMILES string of the molecule is COc1ccc(/C=N/NC(=S)N=Nc2c(O)[nH]c3ccc(C)cc23)c(OC)c1. The van der Waals surface area contributed by atoms with Gasteiger partial charge in [0.15, 0.2) is 5.69 Å². The Bertz CT molecular complexity index is 1070. The van der Waals surface area contributed by atoms with Crippen LogP contribution in [0.4, 0.5) is 5.69 Å². The summed E-state index contributed by atoms with van der Waals surface area (Å²) >= 11 is 5.11. The fourth-order valence-electron chi connectivity index (χ4n) is 2.58. The first-order chi connectivity index (χ1) is 13.5. The van der Waals surface area contributed by atoms with E-state index in [4.69, 9.17) is 21.7 Å². The van der Waals surface area contributed by atoms with Crippen molar-refractivity contribution in [1.29, 1.82) is 0 Å². The molecule has 0 atom stereocenters. The van der Waals surface area contributed by atoms with Gasteiger partial charge in [-0.05, 0) is 43.4 Å². The van der Waals surface area contributed by atoms with Gasteiger partial charge in [0.2, 0.25) is 11.0 Å². The number of methoxy groups -OCH3 is 2. The molecule has 0 fully saturated rings. The Hall–Kier alpha value is -3.46. The molecule has 0 saturated heterocycles. The molecular formula is C19H19N5O3S. The molecule has 3 N–H and O–H groups in total. The number of H-pyrrole nitrogens is 1. The number of rotatable bonds is 5. The maximum absolute atomic E-state index is 10.0. The zero-order chi connectivity index (χ0) is 20.1. The summed E-state index contributed by atoms with van der Waals surface area (Å²) in [6.07, 6.45) is 1.55. The number of azo groups is 1. The monoisotopic (exact) mass is 397 g/mol. The fraction of sp³-hybridized carbons (Fsp3) is 0.158. The summed E-state index contributed by atoms with van der Waals surface area (Å²) in [4.78, 5) is 2.85. The van der Waals surface area contributed by atoms with E-state index in [-0.39, 0.29) is 11.0 Å². The topological polar surface area (TPSA) is 104 Å². The summed E-state index contributed by atoms with van der Waals surface area (Å²) in [5, 5.41) is 22.8. The van der Waals surface area contributed by atoms with Crippen LogP contribution in [0.5, 0.6) is 17.4 Å². The van der Waals surface area contributed by atoms with Gasteiger partial charge in [-0.15, -0.1) is 10.2 Å². The largest absolute Gasteiger partial charge is 0.497 e. The van der Waals surface area contributed by atoms with E-state index < -0.39 is 0 Å². The molecule has 1 aromatic heterocycles. The lowest BCUT2D eigenvalue weighted by molar-refractivity contribution is 0.394. The molecule has 3 rings (SSSR count). The molecule has 144 valence electrons. The summed E-state index contributed by atoms with van der Waals surface area (Å²) in [6.45, 7) is 1.96. The number of aromatic hydroxyl groups is 1. The van der Waals surface area contributed by atoms with Gasteiger partial charge in [0.1, 0.15) is 11.5 Å². The predicted molar refractivity (Wildman–Crippen MR) is 112 cm³/mol. The number of fused-ring (bicyclic) bond motifs is 1. The Morgan fingerprint density at radius 2 is 2.00 bits per heavy atom. The number of hydrogen-bond donors (Lipinski definition) is 3. The van der Waals surface area contributed by atoms with Gasteiger partial charge in [-0.3, -0.25) is 5.43 Å². The Morgan fingerprint density at radius 3 is 2.75 bits per heavy atom. The Morgan fingerprint density at radius 1 is 1.18 bits per heavy atom. The van der Waals surface area contributed by atoms with Crippen molar-refractivity contribution in [1.82, 2.24) is 10.4 Å². The van der Waals surface area contributed by atoms with Crippen LogP contribution in [0.2, 0.25) is 0 Å². The number of thiocarbonyl (C=S) groups is 1. The molecular weight excluding hydrogens is 378 g/mol. The van der Waals surface area contributed by atoms with E-state index in [1.807, 2.05) is 25.1 Å². The summed E-state index contributed by atoms with van der Waals surface area (Å²) in [5.74, 6) is 1.22. The molecule has 2 aromatic carbocycles. The van der Waals surface area contributed by atoms with Crippen LogP contribution in [-0.2, 0) is 0 Å². The zero-order valence-electron chi connectivity index (χ0n) is 15.6. The third-order valence-electron chi connectivity index (χ3n) is 3.95. The van der Waals surface area contributed by atoms with Gasteiger partial charge in [-0.1, -0.05) is 11.6 Å². The molecule has 0 aliphatic carbocycles. The van der Waals surface area contributed by atoms with Crippen molar-refractivity contribution < 1.29 is 14.6 Å². The highest BCUT2D eigenvalue weighted by molar-refractivity contribution is 7.80. The lowest BCUT2D eigenvalue weighted by atomic mass is 10.2. The molecule has 0 bridgehead atoms. The number of benzene rings is 2. The maximum atomic E-state index is 10.0. The van der Waals surface area contributed by atoms with Gasteiger partial charge in [-0.2, -0.15) is 5.10 Å². The van der Waals surface area contributed by atoms with E-state index in [1.54, 1.807) is 38.6 Å². The lowest BCUT2D eigenvalue weighted by Crippen LogP contribution is -2.11. The number of nitrogens with zero attached hydrogens (tertiary/aromatic N) is 3. The third-order valence-corrected chi connectivity index (χ3v) is 4.13.